The predicted molar refractivity (Wildman–Crippen MR) is 211 cm³/mol. The van der Waals surface area contributed by atoms with Crippen molar-refractivity contribution in [2.75, 3.05) is 37.8 Å². The van der Waals surface area contributed by atoms with Gasteiger partial charge in [-0.1, -0.05) is 65.3 Å². The summed E-state index contributed by atoms with van der Waals surface area (Å²) in [5.41, 5.74) is 2.89. The fourth-order valence-corrected chi connectivity index (χ4v) is 14.8. The van der Waals surface area contributed by atoms with Gasteiger partial charge in [-0.25, -0.2) is 12.8 Å². The van der Waals surface area contributed by atoms with E-state index in [9.17, 15) is 27.5 Å². The molecule has 10 atom stereocenters. The van der Waals surface area contributed by atoms with Gasteiger partial charge in [-0.3, -0.25) is 9.59 Å². The van der Waals surface area contributed by atoms with Crippen molar-refractivity contribution in [3.8, 4) is 0 Å². The van der Waals surface area contributed by atoms with E-state index < -0.39 is 27.9 Å². The molecule has 5 aliphatic carbocycles. The number of carboxylic acids is 1. The van der Waals surface area contributed by atoms with Crippen molar-refractivity contribution >= 4 is 21.7 Å². The summed E-state index contributed by atoms with van der Waals surface area (Å²) in [6.07, 6.45) is 18.1. The van der Waals surface area contributed by atoms with Gasteiger partial charge in [0.05, 0.1) is 23.5 Å². The molecule has 2 N–H and O–H groups in total. The molecule has 9 heteroatoms. The number of allylic oxidation sites excluding steroid dienone is 5. The van der Waals surface area contributed by atoms with Crippen molar-refractivity contribution in [1.29, 1.82) is 0 Å². The number of rotatable bonds is 11. The summed E-state index contributed by atoms with van der Waals surface area (Å²) in [7, 11) is -3.05. The van der Waals surface area contributed by atoms with Crippen molar-refractivity contribution in [2.45, 2.75) is 137 Å². The first kappa shape index (κ1) is 40.7. The minimum atomic E-state index is -3.05. The zero-order valence-corrected chi connectivity index (χ0v) is 34.5. The Morgan fingerprint density at radius 3 is 2.32 bits per heavy atom. The van der Waals surface area contributed by atoms with Gasteiger partial charge in [0.1, 0.15) is 6.67 Å². The van der Waals surface area contributed by atoms with Crippen LogP contribution >= 0.6 is 0 Å². The second-order valence-corrected chi connectivity index (χ2v) is 21.5. The van der Waals surface area contributed by atoms with Crippen LogP contribution in [0.15, 0.2) is 35.5 Å². The molecule has 7 nitrogen and oxygen atoms in total. The summed E-state index contributed by atoms with van der Waals surface area (Å²) in [5.74, 6) is 1.73. The Bertz CT molecular complexity index is 1610. The molecule has 6 aliphatic rings. The maximum Gasteiger partial charge on any atom is 0.312 e. The molecule has 0 bridgehead atoms. The van der Waals surface area contributed by atoms with E-state index in [4.69, 9.17) is 0 Å². The van der Waals surface area contributed by atoms with Gasteiger partial charge in [0.25, 0.3) is 0 Å². The van der Waals surface area contributed by atoms with E-state index in [0.717, 1.165) is 38.5 Å². The largest absolute Gasteiger partial charge is 0.481 e. The van der Waals surface area contributed by atoms with Crippen LogP contribution in [-0.4, -0.2) is 73.7 Å². The number of sulfone groups is 1. The molecule has 0 radical (unpaired) electrons. The van der Waals surface area contributed by atoms with Crippen LogP contribution in [0.3, 0.4) is 0 Å². The second-order valence-electron chi connectivity index (χ2n) is 19.2. The summed E-state index contributed by atoms with van der Waals surface area (Å²) in [6.45, 7) is 19.2. The third-order valence-electron chi connectivity index (χ3n) is 17.2. The van der Waals surface area contributed by atoms with E-state index >= 15 is 0 Å². The third kappa shape index (κ3) is 6.82. The number of aliphatic carboxylic acids is 1. The van der Waals surface area contributed by atoms with Crippen LogP contribution < -0.4 is 5.32 Å². The summed E-state index contributed by atoms with van der Waals surface area (Å²) in [4.78, 5) is 27.1. The van der Waals surface area contributed by atoms with Crippen LogP contribution in [0, 0.1) is 51.2 Å². The molecular formula is C44H69FN2O5S. The topological polar surface area (TPSA) is 104 Å². The number of alkyl halides is 1. The summed E-state index contributed by atoms with van der Waals surface area (Å²) in [6, 6.07) is 0. The van der Waals surface area contributed by atoms with E-state index in [1.165, 1.54) is 48.8 Å². The first-order valence-corrected chi connectivity index (χ1v) is 22.8. The van der Waals surface area contributed by atoms with Gasteiger partial charge in [-0.15, -0.1) is 0 Å². The lowest BCUT2D eigenvalue weighted by Crippen LogP contribution is -2.67. The average molecular weight is 757 g/mol. The molecule has 1 aliphatic heterocycles. The van der Waals surface area contributed by atoms with E-state index in [-0.39, 0.29) is 52.2 Å². The first-order chi connectivity index (χ1) is 24.9. The lowest BCUT2D eigenvalue weighted by molar-refractivity contribution is -0.210. The number of fused-ring (bicyclic) bond motifs is 5. The van der Waals surface area contributed by atoms with Crippen molar-refractivity contribution in [2.24, 2.45) is 51.2 Å². The highest BCUT2D eigenvalue weighted by molar-refractivity contribution is 7.91. The number of carboxylic acid groups (broad SMARTS) is 1. The highest BCUT2D eigenvalue weighted by Crippen LogP contribution is 2.74. The zero-order valence-electron chi connectivity index (χ0n) is 33.7. The molecule has 53 heavy (non-hydrogen) atoms. The van der Waals surface area contributed by atoms with Crippen LogP contribution in [0.5, 0.6) is 0 Å². The standard InChI is InChI=1S/C44H69FN2O5S/c1-8-31(32-13-19-43(29-45,20-14-32)39(49)50)12-17-40(5)33(9-2)15-18-42(7)36(40)11-10-35-38-34(30(3)4)16-21-44(38,23-22-41(35,42)6)46-28-37(48)47-24-26-53(51,52)27-25-47/h12-13,33-36,38,46H,3,8-11,14-29H2,1-2,4-7H3,(H,49,50)/b31-12+/t33-,34+,35-,36-,38-,40+,41-,42-,43+,44+/m1/s1. The third-order valence-corrected chi connectivity index (χ3v) is 18.8. The molecule has 0 aromatic carbocycles. The average Bonchev–Trinajstić information content (AvgIpc) is 3.52. The number of amides is 1. The first-order valence-electron chi connectivity index (χ1n) is 21.0. The second kappa shape index (κ2) is 14.8. The van der Waals surface area contributed by atoms with E-state index in [1.54, 1.807) is 4.90 Å². The van der Waals surface area contributed by atoms with Gasteiger partial charge in [-0.05, 0) is 147 Å². The molecule has 1 amide bonds. The summed E-state index contributed by atoms with van der Waals surface area (Å²) in [5, 5.41) is 13.7. The van der Waals surface area contributed by atoms with E-state index in [2.05, 4.69) is 59.5 Å². The predicted octanol–water partition coefficient (Wildman–Crippen LogP) is 8.71. The van der Waals surface area contributed by atoms with Crippen LogP contribution in [0.25, 0.3) is 0 Å². The molecule has 0 unspecified atom stereocenters. The molecule has 5 fully saturated rings. The smallest absolute Gasteiger partial charge is 0.312 e. The fraction of sp³-hybridized carbons (Fsp3) is 0.818. The number of carbonyl (C=O) groups is 2. The maximum atomic E-state index is 13.9. The van der Waals surface area contributed by atoms with Crippen LogP contribution in [0.1, 0.15) is 131 Å². The number of hydrogen-bond acceptors (Lipinski definition) is 5. The summed E-state index contributed by atoms with van der Waals surface area (Å²) < 4.78 is 38.0. The van der Waals surface area contributed by atoms with Crippen molar-refractivity contribution in [3.63, 3.8) is 0 Å². The molecule has 6 rings (SSSR count). The van der Waals surface area contributed by atoms with Gasteiger partial charge in [-0.2, -0.15) is 0 Å². The Morgan fingerprint density at radius 1 is 1.02 bits per heavy atom. The lowest BCUT2D eigenvalue weighted by atomic mass is 9.34. The van der Waals surface area contributed by atoms with Crippen molar-refractivity contribution in [1.82, 2.24) is 10.2 Å². The number of hydrogen-bond donors (Lipinski definition) is 2. The molecule has 4 saturated carbocycles. The van der Waals surface area contributed by atoms with Crippen LogP contribution in [0.2, 0.25) is 0 Å². The Morgan fingerprint density at radius 2 is 1.74 bits per heavy atom. The van der Waals surface area contributed by atoms with Crippen LogP contribution in [0.4, 0.5) is 4.39 Å². The number of halogens is 1. The fourth-order valence-electron chi connectivity index (χ4n) is 13.6. The van der Waals surface area contributed by atoms with Crippen molar-refractivity contribution < 1.29 is 27.5 Å². The Kier molecular flexibility index (Phi) is 11.4. The van der Waals surface area contributed by atoms with Crippen LogP contribution in [-0.2, 0) is 19.4 Å². The van der Waals surface area contributed by atoms with Gasteiger partial charge in [0, 0.05) is 18.6 Å². The Balaban J connectivity index is 1.25. The van der Waals surface area contributed by atoms with Gasteiger partial charge in [0.2, 0.25) is 5.91 Å². The monoisotopic (exact) mass is 756 g/mol. The maximum absolute atomic E-state index is 13.9. The van der Waals surface area contributed by atoms with E-state index in [0.29, 0.717) is 55.5 Å². The van der Waals surface area contributed by atoms with Gasteiger partial charge >= 0.3 is 5.97 Å². The highest BCUT2D eigenvalue weighted by Gasteiger charge is 2.69. The van der Waals surface area contributed by atoms with Gasteiger partial charge < -0.3 is 15.3 Å². The Hall–Kier alpha value is -2.00. The quantitative estimate of drug-likeness (QED) is 0.205. The minimum absolute atomic E-state index is 0.0246. The van der Waals surface area contributed by atoms with E-state index in [1.807, 2.05) is 6.08 Å². The number of carbonyl (C=O) groups excluding carboxylic acids is 1. The molecule has 0 aromatic heterocycles. The number of nitrogens with zero attached hydrogens (tertiary/aromatic N) is 1. The molecule has 0 aromatic rings. The molecular weight excluding hydrogens is 688 g/mol. The number of nitrogens with one attached hydrogen (secondary N) is 1. The molecule has 1 heterocycles. The van der Waals surface area contributed by atoms with Crippen molar-refractivity contribution in [3.05, 3.63) is 35.5 Å². The van der Waals surface area contributed by atoms with Gasteiger partial charge in [0.15, 0.2) is 9.84 Å². The lowest BCUT2D eigenvalue weighted by Gasteiger charge is -2.71. The zero-order chi connectivity index (χ0) is 38.6. The molecule has 1 saturated heterocycles. The highest BCUT2D eigenvalue weighted by atomic mass is 32.2. The normalized spacial score (nSPS) is 42.5. The SMILES string of the molecule is C=C(C)[C@@H]1CC[C@]2(NCC(=O)N3CCS(=O)(=O)CC3)CC[C@]3(C)[C@H](CC[C@@H]4[C@@](C)(C/C=C(\CC)C5=CC[C@](CF)(C(=O)O)CC5)[C@H](CC)CC[C@]43C)[C@@H]12. The molecule has 0 spiro atoms. The minimum Gasteiger partial charge on any atom is -0.481 e. The molecule has 298 valence electrons. The Labute approximate surface area is 320 Å². The summed E-state index contributed by atoms with van der Waals surface area (Å²) >= 11 is 0.